The van der Waals surface area contributed by atoms with Crippen molar-refractivity contribution in [2.24, 2.45) is 17.8 Å². The normalized spacial score (nSPS) is 50.1. The molecule has 3 N–H and O–H groups in total. The van der Waals surface area contributed by atoms with Crippen LogP contribution < -0.4 is 0 Å². The number of esters is 1. The van der Waals surface area contributed by atoms with Gasteiger partial charge in [-0.2, -0.15) is 0 Å². The minimum Gasteiger partial charge on any atom is -0.459 e. The van der Waals surface area contributed by atoms with Crippen LogP contribution in [0, 0.1) is 17.8 Å². The van der Waals surface area contributed by atoms with Gasteiger partial charge in [0.05, 0.1) is 12.2 Å². The van der Waals surface area contributed by atoms with E-state index in [1.165, 1.54) is 6.92 Å². The monoisotopic (exact) mass is 584 g/mol. The molecule has 42 heavy (non-hydrogen) atoms. The Morgan fingerprint density at radius 3 is 2.50 bits per heavy atom. The summed E-state index contributed by atoms with van der Waals surface area (Å²) in [5.41, 5.74) is -6.19. The van der Waals surface area contributed by atoms with Crippen molar-refractivity contribution in [3.05, 3.63) is 60.3 Å². The average Bonchev–Trinajstić information content (AvgIpc) is 3.57. The molecule has 6 aliphatic rings. The Hall–Kier alpha value is -2.44. The molecule has 0 aromatic carbocycles. The van der Waals surface area contributed by atoms with Gasteiger partial charge in [0.25, 0.3) is 0 Å². The minimum absolute atomic E-state index is 0.240. The lowest BCUT2D eigenvalue weighted by Crippen LogP contribution is -2.76. The van der Waals surface area contributed by atoms with E-state index in [4.69, 9.17) is 23.7 Å². The Morgan fingerprint density at radius 2 is 1.86 bits per heavy atom. The van der Waals surface area contributed by atoms with Crippen molar-refractivity contribution < 1.29 is 48.6 Å². The van der Waals surface area contributed by atoms with Gasteiger partial charge in [-0.1, -0.05) is 63.3 Å². The van der Waals surface area contributed by atoms with Gasteiger partial charge in [0.2, 0.25) is 0 Å². The number of ether oxygens (including phenoxy) is 5. The lowest BCUT2D eigenvalue weighted by Gasteiger charge is -2.61. The van der Waals surface area contributed by atoms with Crippen molar-refractivity contribution in [1.82, 2.24) is 0 Å². The Morgan fingerprint density at radius 1 is 1.14 bits per heavy atom. The molecule has 6 rings (SSSR count). The Labute approximate surface area is 245 Å². The number of carbonyl (C=O) groups is 2. The molecule has 0 unspecified atom stereocenters. The summed E-state index contributed by atoms with van der Waals surface area (Å²) in [6, 6.07) is 0. The van der Waals surface area contributed by atoms with Crippen LogP contribution in [-0.2, 0) is 33.3 Å². The highest BCUT2D eigenvalue weighted by atomic mass is 16.9. The molecule has 0 radical (unpaired) electrons. The lowest BCUT2D eigenvalue weighted by molar-refractivity contribution is -0.407. The highest BCUT2D eigenvalue weighted by Crippen LogP contribution is 2.73. The molecule has 3 aliphatic heterocycles. The molecule has 10 nitrogen and oxygen atoms in total. The van der Waals surface area contributed by atoms with Gasteiger partial charge in [0.1, 0.15) is 30.0 Å². The molecule has 3 heterocycles. The van der Waals surface area contributed by atoms with Crippen molar-refractivity contribution in [3.63, 3.8) is 0 Å². The molecule has 3 bridgehead atoms. The van der Waals surface area contributed by atoms with Gasteiger partial charge >= 0.3 is 11.9 Å². The van der Waals surface area contributed by atoms with Crippen LogP contribution in [0.25, 0.3) is 0 Å². The van der Waals surface area contributed by atoms with Gasteiger partial charge in [-0.15, -0.1) is 0 Å². The van der Waals surface area contributed by atoms with Gasteiger partial charge < -0.3 is 39.0 Å². The molecular weight excluding hydrogens is 544 g/mol. The Bertz CT molecular complexity index is 1330. The second-order valence-electron chi connectivity index (χ2n) is 12.6. The minimum atomic E-state index is -2.39. The maximum atomic E-state index is 13.6. The molecule has 3 aliphatic carbocycles. The number of hydrogen-bond donors (Lipinski definition) is 3. The number of fused-ring (bicyclic) bond motifs is 3. The van der Waals surface area contributed by atoms with E-state index >= 15 is 0 Å². The summed E-state index contributed by atoms with van der Waals surface area (Å²) in [5, 5.41) is 34.4. The summed E-state index contributed by atoms with van der Waals surface area (Å²) in [5.74, 6) is -5.65. The molecule has 5 fully saturated rings. The fraction of sp³-hybridized carbons (Fsp3) is 0.625. The lowest BCUT2D eigenvalue weighted by atomic mass is 9.53. The van der Waals surface area contributed by atoms with Crippen molar-refractivity contribution in [2.75, 3.05) is 6.61 Å². The number of allylic oxidation sites excluding steroid dienone is 5. The van der Waals surface area contributed by atoms with Crippen LogP contribution in [0.1, 0.15) is 47.5 Å². The van der Waals surface area contributed by atoms with Crippen molar-refractivity contribution >= 4 is 11.8 Å². The molecule has 12 atom stereocenters. The number of ketones is 1. The number of Topliss-reactive ketones (excluding diaryl/α,β-unsaturated/α-hetero) is 1. The van der Waals surface area contributed by atoms with Crippen LogP contribution in [0.15, 0.2) is 60.3 Å². The summed E-state index contributed by atoms with van der Waals surface area (Å²) >= 11 is 0. The second kappa shape index (κ2) is 9.53. The van der Waals surface area contributed by atoms with Gasteiger partial charge in [0, 0.05) is 30.8 Å². The van der Waals surface area contributed by atoms with Crippen molar-refractivity contribution in [1.29, 1.82) is 0 Å². The maximum absolute atomic E-state index is 13.6. The fourth-order valence-electron chi connectivity index (χ4n) is 8.45. The number of hydrogen-bond acceptors (Lipinski definition) is 10. The van der Waals surface area contributed by atoms with Crippen LogP contribution in [0.4, 0.5) is 0 Å². The first kappa shape index (κ1) is 29.6. The van der Waals surface area contributed by atoms with E-state index in [1.807, 2.05) is 19.1 Å². The molecule has 10 heteroatoms. The van der Waals surface area contributed by atoms with E-state index in [9.17, 15) is 24.9 Å². The highest BCUT2D eigenvalue weighted by Gasteiger charge is 2.90. The zero-order valence-electron chi connectivity index (χ0n) is 24.6. The number of carbonyl (C=O) groups excluding carboxylic acids is 2. The number of aliphatic hydroxyl groups is 3. The standard InChI is InChI=1S/C32H40O10/c1-7-8-9-10-11-12-13-14-29-40-26-22-25-28(16-33,39-25)27(36)30(37)21(15-18(4)23(30)35)32(22,42-29)19(5)24(38-20(6)34)31(26,41-29)17(2)3/h9-15,19,21-22,24-27,33,36-37H,2,7-8,16H2,1,3-6H3/b10-9-,12-11+,14-13+/t19-,21-,22+,24-,25+,26-,27-,28+,29-,30-,31+,32+/m1/s1. The quantitative estimate of drug-likeness (QED) is 0.168. The van der Waals surface area contributed by atoms with Crippen LogP contribution in [0.5, 0.6) is 0 Å². The predicted octanol–water partition coefficient (Wildman–Crippen LogP) is 2.19. The zero-order valence-corrected chi connectivity index (χ0v) is 24.6. The summed E-state index contributed by atoms with van der Waals surface area (Å²) < 4.78 is 32.3. The third-order valence-corrected chi connectivity index (χ3v) is 10.3. The fourth-order valence-corrected chi connectivity index (χ4v) is 8.45. The second-order valence-corrected chi connectivity index (χ2v) is 12.6. The van der Waals surface area contributed by atoms with Crippen LogP contribution >= 0.6 is 0 Å². The molecule has 2 saturated carbocycles. The van der Waals surface area contributed by atoms with E-state index in [-0.39, 0.29) is 5.57 Å². The van der Waals surface area contributed by atoms with E-state index in [1.54, 1.807) is 38.2 Å². The Kier molecular flexibility index (Phi) is 6.72. The van der Waals surface area contributed by atoms with Crippen LogP contribution in [0.2, 0.25) is 0 Å². The third kappa shape index (κ3) is 3.45. The molecule has 0 spiro atoms. The van der Waals surface area contributed by atoms with E-state index in [2.05, 4.69) is 19.6 Å². The first-order chi connectivity index (χ1) is 19.8. The average molecular weight is 585 g/mol. The van der Waals surface area contributed by atoms with E-state index in [0.717, 1.165) is 12.8 Å². The number of rotatable bonds is 8. The van der Waals surface area contributed by atoms with Gasteiger partial charge in [0.15, 0.2) is 17.0 Å². The zero-order chi connectivity index (χ0) is 30.5. The van der Waals surface area contributed by atoms with Crippen molar-refractivity contribution in [2.45, 2.75) is 100 Å². The molecule has 3 saturated heterocycles. The van der Waals surface area contributed by atoms with Gasteiger partial charge in [-0.25, -0.2) is 0 Å². The number of aliphatic hydroxyl groups excluding tert-OH is 2. The van der Waals surface area contributed by atoms with Gasteiger partial charge in [-0.3, -0.25) is 9.59 Å². The molecule has 0 amide bonds. The van der Waals surface area contributed by atoms with Crippen LogP contribution in [0.3, 0.4) is 0 Å². The number of unbranched alkanes of at least 4 members (excludes halogenated alkanes) is 1. The SMILES string of the molecule is C=C(C)[C@@]12O[C@@]3(/C=C/C=C/C=C\CCC)O[C@@H]1[C@@H]1[C@@H]4O[C@]4(CO)[C@@H](O)[C@]4(O)C(=O)C(C)=C[C@H]4[C@@]1(O3)[C@H](C)[C@H]2OC(C)=O. The van der Waals surface area contributed by atoms with Gasteiger partial charge in [-0.05, 0) is 31.4 Å². The summed E-state index contributed by atoms with van der Waals surface area (Å²) in [6.45, 7) is 12.1. The molecule has 228 valence electrons. The smallest absolute Gasteiger partial charge is 0.307 e. The van der Waals surface area contributed by atoms with E-state index in [0.29, 0.717) is 5.57 Å². The highest BCUT2D eigenvalue weighted by molar-refractivity contribution is 6.05. The summed E-state index contributed by atoms with van der Waals surface area (Å²) in [4.78, 5) is 26.2. The van der Waals surface area contributed by atoms with E-state index < -0.39 is 88.9 Å². The topological polar surface area (TPSA) is 144 Å². The largest absolute Gasteiger partial charge is 0.459 e. The van der Waals surface area contributed by atoms with Crippen LogP contribution in [-0.4, -0.2) is 86.5 Å². The third-order valence-electron chi connectivity index (χ3n) is 10.3. The molecule has 0 aromatic heterocycles. The molecule has 0 aromatic rings. The number of epoxide rings is 1. The first-order valence-corrected chi connectivity index (χ1v) is 14.7. The molecular formula is C32H40O10. The maximum Gasteiger partial charge on any atom is 0.307 e. The predicted molar refractivity (Wildman–Crippen MR) is 148 cm³/mol. The van der Waals surface area contributed by atoms with Crippen molar-refractivity contribution in [3.8, 4) is 0 Å². The Balaban J connectivity index is 1.57. The summed E-state index contributed by atoms with van der Waals surface area (Å²) in [6.07, 6.45) is 10.0. The summed E-state index contributed by atoms with van der Waals surface area (Å²) in [7, 11) is 0. The first-order valence-electron chi connectivity index (χ1n) is 14.7.